The van der Waals surface area contributed by atoms with Crippen LogP contribution in [0.1, 0.15) is 46.5 Å². The monoisotopic (exact) mass is 266 g/mol. The van der Waals surface area contributed by atoms with Crippen molar-refractivity contribution in [2.45, 2.75) is 70.7 Å². The number of hydrogen-bond donors (Lipinski definition) is 0. The fourth-order valence-corrected chi connectivity index (χ4v) is 3.51. The molecule has 18 heavy (non-hydrogen) atoms. The molecule has 1 aliphatic rings. The zero-order valence-corrected chi connectivity index (χ0v) is 13.8. The lowest BCUT2D eigenvalue weighted by Gasteiger charge is -2.40. The van der Waals surface area contributed by atoms with Crippen molar-refractivity contribution in [2.24, 2.45) is 5.92 Å². The molecule has 1 rings (SSSR count). The molecule has 2 heteroatoms. The maximum atomic E-state index is 6.54. The standard InChI is InChI=1S/C16H30OSi/c1-7-15(14-12-10-8-9-11-13-14)17-18(5,6)16(2,3)4/h7-9,14-15H,1,10-13H2,2-6H3. The lowest BCUT2D eigenvalue weighted by molar-refractivity contribution is 0.150. The Labute approximate surface area is 114 Å². The summed E-state index contributed by atoms with van der Waals surface area (Å²) in [7, 11) is -1.68. The summed E-state index contributed by atoms with van der Waals surface area (Å²) in [6.07, 6.45) is 11.8. The molecular weight excluding hydrogens is 236 g/mol. The molecule has 0 aromatic carbocycles. The first-order valence-electron chi connectivity index (χ1n) is 7.23. The smallest absolute Gasteiger partial charge is 0.192 e. The van der Waals surface area contributed by atoms with Crippen molar-refractivity contribution < 1.29 is 4.43 Å². The van der Waals surface area contributed by atoms with E-state index in [9.17, 15) is 0 Å². The van der Waals surface area contributed by atoms with E-state index in [1.54, 1.807) is 0 Å². The van der Waals surface area contributed by atoms with E-state index >= 15 is 0 Å². The Morgan fingerprint density at radius 3 is 2.11 bits per heavy atom. The minimum absolute atomic E-state index is 0.241. The van der Waals surface area contributed by atoms with Gasteiger partial charge in [-0.05, 0) is 49.7 Å². The largest absolute Gasteiger partial charge is 0.410 e. The summed E-state index contributed by atoms with van der Waals surface area (Å²) in [6.45, 7) is 15.6. The molecule has 0 aromatic rings. The molecule has 1 atom stereocenters. The van der Waals surface area contributed by atoms with Gasteiger partial charge in [0.15, 0.2) is 8.32 Å². The molecular formula is C16H30OSi. The predicted molar refractivity (Wildman–Crippen MR) is 83.4 cm³/mol. The van der Waals surface area contributed by atoms with Crippen molar-refractivity contribution >= 4 is 8.32 Å². The Kier molecular flexibility index (Phi) is 5.41. The second-order valence-corrected chi connectivity index (χ2v) is 11.7. The fourth-order valence-electron chi connectivity index (χ4n) is 2.18. The SMILES string of the molecule is C=CC(O[Si](C)(C)C(C)(C)C)C1CCC=CCC1. The van der Waals surface area contributed by atoms with E-state index in [-0.39, 0.29) is 11.1 Å². The maximum Gasteiger partial charge on any atom is 0.192 e. The van der Waals surface area contributed by atoms with Crippen LogP contribution in [0.25, 0.3) is 0 Å². The van der Waals surface area contributed by atoms with E-state index in [0.29, 0.717) is 5.92 Å². The molecule has 1 unspecified atom stereocenters. The summed E-state index contributed by atoms with van der Waals surface area (Å²) in [6, 6.07) is 0. The zero-order valence-electron chi connectivity index (χ0n) is 12.8. The van der Waals surface area contributed by atoms with Crippen LogP contribution < -0.4 is 0 Å². The van der Waals surface area contributed by atoms with Gasteiger partial charge >= 0.3 is 0 Å². The molecule has 0 aromatic heterocycles. The van der Waals surface area contributed by atoms with E-state index < -0.39 is 8.32 Å². The van der Waals surface area contributed by atoms with Crippen molar-refractivity contribution in [1.29, 1.82) is 0 Å². The zero-order chi connectivity index (χ0) is 13.8. The molecule has 0 saturated heterocycles. The summed E-state index contributed by atoms with van der Waals surface area (Å²) in [4.78, 5) is 0. The van der Waals surface area contributed by atoms with Gasteiger partial charge in [0.1, 0.15) is 0 Å². The average Bonchev–Trinajstić information content (AvgIpc) is 2.52. The van der Waals surface area contributed by atoms with Crippen LogP contribution in [0.4, 0.5) is 0 Å². The van der Waals surface area contributed by atoms with Gasteiger partial charge in [0.05, 0.1) is 6.10 Å². The molecule has 0 saturated carbocycles. The third-order valence-electron chi connectivity index (χ3n) is 4.51. The van der Waals surface area contributed by atoms with Gasteiger partial charge in [0.25, 0.3) is 0 Å². The van der Waals surface area contributed by atoms with E-state index in [1.165, 1.54) is 25.7 Å². The highest BCUT2D eigenvalue weighted by Gasteiger charge is 2.39. The molecule has 0 spiro atoms. The normalized spacial score (nSPS) is 20.5. The van der Waals surface area contributed by atoms with Crippen LogP contribution >= 0.6 is 0 Å². The van der Waals surface area contributed by atoms with Crippen molar-refractivity contribution in [2.75, 3.05) is 0 Å². The Bertz CT molecular complexity index is 289. The van der Waals surface area contributed by atoms with Crippen molar-refractivity contribution in [1.82, 2.24) is 0 Å². The molecule has 0 N–H and O–H groups in total. The Hall–Kier alpha value is -0.343. The minimum Gasteiger partial charge on any atom is -0.410 e. The van der Waals surface area contributed by atoms with E-state index in [0.717, 1.165) is 0 Å². The highest BCUT2D eigenvalue weighted by atomic mass is 28.4. The number of rotatable bonds is 4. The van der Waals surface area contributed by atoms with Crippen molar-refractivity contribution in [3.8, 4) is 0 Å². The van der Waals surface area contributed by atoms with Crippen LogP contribution in [-0.4, -0.2) is 14.4 Å². The fraction of sp³-hybridized carbons (Fsp3) is 0.750. The Morgan fingerprint density at radius 1 is 1.22 bits per heavy atom. The van der Waals surface area contributed by atoms with Gasteiger partial charge in [0.2, 0.25) is 0 Å². The Morgan fingerprint density at radius 2 is 1.72 bits per heavy atom. The van der Waals surface area contributed by atoms with Gasteiger partial charge in [-0.2, -0.15) is 0 Å². The van der Waals surface area contributed by atoms with Crippen LogP contribution in [0.5, 0.6) is 0 Å². The van der Waals surface area contributed by atoms with Gasteiger partial charge in [-0.1, -0.05) is 39.0 Å². The van der Waals surface area contributed by atoms with Gasteiger partial charge in [-0.15, -0.1) is 6.58 Å². The first kappa shape index (κ1) is 15.7. The average molecular weight is 267 g/mol. The van der Waals surface area contributed by atoms with Crippen molar-refractivity contribution in [3.05, 3.63) is 24.8 Å². The minimum atomic E-state index is -1.68. The third-order valence-corrected chi connectivity index (χ3v) is 8.98. The second kappa shape index (κ2) is 6.20. The first-order valence-corrected chi connectivity index (χ1v) is 10.1. The summed E-state index contributed by atoms with van der Waals surface area (Å²) >= 11 is 0. The van der Waals surface area contributed by atoms with Crippen LogP contribution in [0, 0.1) is 5.92 Å². The molecule has 1 nitrogen and oxygen atoms in total. The van der Waals surface area contributed by atoms with Gasteiger partial charge in [-0.3, -0.25) is 0 Å². The van der Waals surface area contributed by atoms with Gasteiger partial charge < -0.3 is 4.43 Å². The van der Waals surface area contributed by atoms with E-state index in [2.05, 4.69) is 52.6 Å². The molecule has 0 heterocycles. The number of hydrogen-bond acceptors (Lipinski definition) is 1. The molecule has 1 aliphatic carbocycles. The van der Waals surface area contributed by atoms with E-state index in [4.69, 9.17) is 4.43 Å². The van der Waals surface area contributed by atoms with Crippen LogP contribution in [0.15, 0.2) is 24.8 Å². The summed E-state index contributed by atoms with van der Waals surface area (Å²) in [5, 5.41) is 0.275. The Balaban J connectivity index is 2.69. The van der Waals surface area contributed by atoms with Gasteiger partial charge in [-0.25, -0.2) is 0 Å². The van der Waals surface area contributed by atoms with Crippen LogP contribution in [0.2, 0.25) is 18.1 Å². The van der Waals surface area contributed by atoms with Crippen LogP contribution in [0.3, 0.4) is 0 Å². The topological polar surface area (TPSA) is 9.23 Å². The molecule has 0 bridgehead atoms. The summed E-state index contributed by atoms with van der Waals surface area (Å²) in [5.74, 6) is 0.645. The van der Waals surface area contributed by atoms with Crippen LogP contribution in [-0.2, 0) is 4.43 Å². The first-order chi connectivity index (χ1) is 8.28. The summed E-state index contributed by atoms with van der Waals surface area (Å²) < 4.78 is 6.54. The quantitative estimate of drug-likeness (QED) is 0.495. The molecule has 0 aliphatic heterocycles. The lowest BCUT2D eigenvalue weighted by Crippen LogP contribution is -2.45. The van der Waals surface area contributed by atoms with Crippen molar-refractivity contribution in [3.63, 3.8) is 0 Å². The molecule has 0 fully saturated rings. The highest BCUT2D eigenvalue weighted by molar-refractivity contribution is 6.74. The second-order valence-electron chi connectivity index (χ2n) is 6.96. The third kappa shape index (κ3) is 4.10. The molecule has 0 amide bonds. The number of allylic oxidation sites excluding steroid dienone is 2. The lowest BCUT2D eigenvalue weighted by atomic mass is 9.94. The molecule has 104 valence electrons. The molecule has 0 radical (unpaired) electrons. The highest BCUT2D eigenvalue weighted by Crippen LogP contribution is 2.39. The summed E-state index contributed by atoms with van der Waals surface area (Å²) in [5.41, 5.74) is 0. The van der Waals surface area contributed by atoms with Gasteiger partial charge in [0, 0.05) is 0 Å². The predicted octanol–water partition coefficient (Wildman–Crippen LogP) is 5.31. The van der Waals surface area contributed by atoms with E-state index in [1.807, 2.05) is 6.08 Å². The maximum absolute atomic E-state index is 6.54.